The first-order valence-corrected chi connectivity index (χ1v) is 9.11. The lowest BCUT2D eigenvalue weighted by molar-refractivity contribution is 0.233. The fourth-order valence-electron chi connectivity index (χ4n) is 2.95. The van der Waals surface area contributed by atoms with Crippen LogP contribution in [0.4, 0.5) is 10.7 Å². The number of anilines is 1. The quantitative estimate of drug-likeness (QED) is 0.879. The molecule has 0 spiro atoms. The van der Waals surface area contributed by atoms with Gasteiger partial charge in [0.05, 0.1) is 0 Å². The molecule has 2 unspecified atom stereocenters. The van der Waals surface area contributed by atoms with Gasteiger partial charge in [0.25, 0.3) is 0 Å². The van der Waals surface area contributed by atoms with Crippen molar-refractivity contribution in [3.63, 3.8) is 0 Å². The van der Waals surface area contributed by atoms with Crippen molar-refractivity contribution in [2.75, 3.05) is 36.0 Å². The summed E-state index contributed by atoms with van der Waals surface area (Å²) in [6, 6.07) is 1.94. The van der Waals surface area contributed by atoms with Crippen LogP contribution in [0, 0.1) is 5.92 Å². The van der Waals surface area contributed by atoms with Crippen LogP contribution in [0.1, 0.15) is 19.3 Å². The van der Waals surface area contributed by atoms with Gasteiger partial charge in [-0.2, -0.15) is 11.8 Å². The Labute approximate surface area is 135 Å². The predicted molar refractivity (Wildman–Crippen MR) is 89.2 cm³/mol. The van der Waals surface area contributed by atoms with E-state index in [1.165, 1.54) is 17.9 Å². The number of rotatable bonds is 4. The maximum atomic E-state index is 12.0. The van der Waals surface area contributed by atoms with Gasteiger partial charge >= 0.3 is 6.03 Å². The molecule has 2 aliphatic rings. The third kappa shape index (κ3) is 4.25. The van der Waals surface area contributed by atoms with Crippen LogP contribution in [-0.2, 0) is 0 Å². The average Bonchev–Trinajstić information content (AvgIpc) is 3.08. The molecule has 3 rings (SSSR count). The van der Waals surface area contributed by atoms with Crippen LogP contribution in [0.5, 0.6) is 0 Å². The molecule has 0 radical (unpaired) electrons. The van der Waals surface area contributed by atoms with Crippen molar-refractivity contribution in [2.24, 2.45) is 5.92 Å². The van der Waals surface area contributed by atoms with E-state index in [-0.39, 0.29) is 12.1 Å². The smallest absolute Gasteiger partial charge is 0.315 e. The standard InChI is InChI=1S/C15H23N5OS/c21-15(18-9-12-4-8-22-11-12)19-13-3-1-7-20(10-13)14-16-5-2-6-17-14/h2,5-6,12-13H,1,3-4,7-11H2,(H2,18,19,21). The molecule has 0 saturated carbocycles. The Morgan fingerprint density at radius 1 is 1.36 bits per heavy atom. The molecule has 2 aliphatic heterocycles. The fourth-order valence-corrected chi connectivity index (χ4v) is 4.23. The summed E-state index contributed by atoms with van der Waals surface area (Å²) in [5, 5.41) is 6.10. The van der Waals surface area contributed by atoms with E-state index in [0.29, 0.717) is 5.92 Å². The normalized spacial score (nSPS) is 25.0. The summed E-state index contributed by atoms with van der Waals surface area (Å²) >= 11 is 1.98. The number of carbonyl (C=O) groups is 1. The van der Waals surface area contributed by atoms with Crippen LogP contribution < -0.4 is 15.5 Å². The second-order valence-corrected chi connectivity index (χ2v) is 7.07. The van der Waals surface area contributed by atoms with Gasteiger partial charge in [-0.3, -0.25) is 0 Å². The van der Waals surface area contributed by atoms with Crippen molar-refractivity contribution >= 4 is 23.7 Å². The number of urea groups is 1. The summed E-state index contributed by atoms with van der Waals surface area (Å²) in [6.07, 6.45) is 6.78. The zero-order chi connectivity index (χ0) is 15.2. The van der Waals surface area contributed by atoms with Gasteiger partial charge in [0.2, 0.25) is 5.95 Å². The first-order chi connectivity index (χ1) is 10.8. The molecule has 22 heavy (non-hydrogen) atoms. The third-order valence-corrected chi connectivity index (χ3v) is 5.40. The van der Waals surface area contributed by atoms with Crippen molar-refractivity contribution in [1.29, 1.82) is 0 Å². The van der Waals surface area contributed by atoms with E-state index in [2.05, 4.69) is 25.5 Å². The highest BCUT2D eigenvalue weighted by Crippen LogP contribution is 2.22. The molecule has 6 nitrogen and oxygen atoms in total. The van der Waals surface area contributed by atoms with Crippen molar-refractivity contribution in [3.05, 3.63) is 18.5 Å². The van der Waals surface area contributed by atoms with Crippen molar-refractivity contribution in [2.45, 2.75) is 25.3 Å². The fraction of sp³-hybridized carbons (Fsp3) is 0.667. The lowest BCUT2D eigenvalue weighted by atomic mass is 10.1. The van der Waals surface area contributed by atoms with E-state index in [9.17, 15) is 4.79 Å². The second kappa shape index (κ2) is 7.67. The highest BCUT2D eigenvalue weighted by atomic mass is 32.2. The number of nitrogens with zero attached hydrogens (tertiary/aromatic N) is 3. The summed E-state index contributed by atoms with van der Waals surface area (Å²) < 4.78 is 0. The molecular weight excluding hydrogens is 298 g/mol. The van der Waals surface area contributed by atoms with E-state index in [0.717, 1.165) is 38.4 Å². The van der Waals surface area contributed by atoms with Crippen LogP contribution in [0.3, 0.4) is 0 Å². The molecular formula is C15H23N5OS. The van der Waals surface area contributed by atoms with E-state index < -0.39 is 0 Å². The Balaban J connectivity index is 1.44. The number of piperidine rings is 1. The number of hydrogen-bond donors (Lipinski definition) is 2. The second-order valence-electron chi connectivity index (χ2n) is 5.92. The van der Waals surface area contributed by atoms with Gasteiger partial charge in [-0.15, -0.1) is 0 Å². The van der Waals surface area contributed by atoms with Gasteiger partial charge in [0.15, 0.2) is 0 Å². The first-order valence-electron chi connectivity index (χ1n) is 7.95. The number of thioether (sulfide) groups is 1. The Morgan fingerprint density at radius 3 is 3.00 bits per heavy atom. The minimum atomic E-state index is -0.0438. The van der Waals surface area contributed by atoms with Gasteiger partial charge in [0, 0.05) is 38.1 Å². The number of nitrogens with one attached hydrogen (secondary N) is 2. The van der Waals surface area contributed by atoms with Gasteiger partial charge in [-0.1, -0.05) is 0 Å². The van der Waals surface area contributed by atoms with E-state index >= 15 is 0 Å². The number of aromatic nitrogens is 2. The molecule has 1 aromatic rings. The monoisotopic (exact) mass is 321 g/mol. The van der Waals surface area contributed by atoms with E-state index in [1.807, 2.05) is 17.8 Å². The molecule has 2 amide bonds. The highest BCUT2D eigenvalue weighted by Gasteiger charge is 2.23. The SMILES string of the molecule is O=C(NCC1CCSC1)NC1CCCN(c2ncccn2)C1. The molecule has 1 aromatic heterocycles. The Kier molecular flexibility index (Phi) is 5.37. The van der Waals surface area contributed by atoms with Gasteiger partial charge < -0.3 is 15.5 Å². The Morgan fingerprint density at radius 2 is 2.23 bits per heavy atom. The highest BCUT2D eigenvalue weighted by molar-refractivity contribution is 7.99. The molecule has 2 atom stereocenters. The molecule has 0 aromatic carbocycles. The summed E-state index contributed by atoms with van der Waals surface area (Å²) in [7, 11) is 0. The number of amides is 2. The predicted octanol–water partition coefficient (Wildman–Crippen LogP) is 1.50. The molecule has 7 heteroatoms. The minimum Gasteiger partial charge on any atom is -0.339 e. The van der Waals surface area contributed by atoms with Crippen LogP contribution >= 0.6 is 11.8 Å². The molecule has 120 valence electrons. The summed E-state index contributed by atoms with van der Waals surface area (Å²) in [5.41, 5.74) is 0. The molecule has 2 saturated heterocycles. The molecule has 2 fully saturated rings. The molecule has 0 bridgehead atoms. The van der Waals surface area contributed by atoms with Crippen LogP contribution in [-0.4, -0.2) is 53.2 Å². The van der Waals surface area contributed by atoms with Gasteiger partial charge in [-0.05, 0) is 42.8 Å². The zero-order valence-electron chi connectivity index (χ0n) is 12.7. The topological polar surface area (TPSA) is 70.2 Å². The van der Waals surface area contributed by atoms with Crippen molar-refractivity contribution in [1.82, 2.24) is 20.6 Å². The lowest BCUT2D eigenvalue weighted by Gasteiger charge is -2.33. The lowest BCUT2D eigenvalue weighted by Crippen LogP contribution is -2.51. The van der Waals surface area contributed by atoms with Crippen molar-refractivity contribution < 1.29 is 4.79 Å². The molecule has 0 aliphatic carbocycles. The Bertz CT molecular complexity index is 480. The maximum Gasteiger partial charge on any atom is 0.315 e. The third-order valence-electron chi connectivity index (χ3n) is 4.17. The van der Waals surface area contributed by atoms with Crippen LogP contribution in [0.15, 0.2) is 18.5 Å². The number of carbonyl (C=O) groups excluding carboxylic acids is 1. The van der Waals surface area contributed by atoms with E-state index in [4.69, 9.17) is 0 Å². The molecule has 3 heterocycles. The summed E-state index contributed by atoms with van der Waals surface area (Å²) in [6.45, 7) is 2.51. The van der Waals surface area contributed by atoms with Gasteiger partial charge in [0.1, 0.15) is 0 Å². The maximum absolute atomic E-state index is 12.0. The molecule has 2 N–H and O–H groups in total. The van der Waals surface area contributed by atoms with E-state index in [1.54, 1.807) is 12.4 Å². The largest absolute Gasteiger partial charge is 0.339 e. The summed E-state index contributed by atoms with van der Waals surface area (Å²) in [5.74, 6) is 3.78. The van der Waals surface area contributed by atoms with Crippen LogP contribution in [0.2, 0.25) is 0 Å². The Hall–Kier alpha value is -1.50. The first kappa shape index (κ1) is 15.4. The average molecular weight is 321 g/mol. The van der Waals surface area contributed by atoms with Gasteiger partial charge in [-0.25, -0.2) is 14.8 Å². The number of hydrogen-bond acceptors (Lipinski definition) is 5. The summed E-state index contributed by atoms with van der Waals surface area (Å²) in [4.78, 5) is 22.8. The van der Waals surface area contributed by atoms with Crippen molar-refractivity contribution in [3.8, 4) is 0 Å². The minimum absolute atomic E-state index is 0.0438. The zero-order valence-corrected chi connectivity index (χ0v) is 13.5. The van der Waals surface area contributed by atoms with Crippen LogP contribution in [0.25, 0.3) is 0 Å².